The fourth-order valence-electron chi connectivity index (χ4n) is 2.48. The van der Waals surface area contributed by atoms with E-state index in [2.05, 4.69) is 27.7 Å². The molecule has 1 aliphatic carbocycles. The van der Waals surface area contributed by atoms with Crippen molar-refractivity contribution in [3.63, 3.8) is 0 Å². The number of halogens is 3. The first-order chi connectivity index (χ1) is 9.62. The number of alkyl halides is 1. The smallest absolute Gasteiger partial charge is 0.335 e. The molecule has 0 N–H and O–H groups in total. The van der Waals surface area contributed by atoms with Gasteiger partial charge >= 0.3 is 5.97 Å². The minimum Gasteiger partial charge on any atom is -0.462 e. The number of ether oxygens (including phenoxy) is 1. The average Bonchev–Trinajstić information content (AvgIpc) is 2.31. The summed E-state index contributed by atoms with van der Waals surface area (Å²) in [4.78, 5) is 12.1. The van der Waals surface area contributed by atoms with Crippen molar-refractivity contribution < 1.29 is 9.53 Å². The first-order valence-electron chi connectivity index (χ1n) is 7.06. The molecule has 0 saturated carbocycles. The molecule has 1 radical (unpaired) electrons. The highest BCUT2D eigenvalue weighted by Crippen LogP contribution is 2.33. The third-order valence-electron chi connectivity index (χ3n) is 3.27. The Morgan fingerprint density at radius 3 is 2.57 bits per heavy atom. The largest absolute Gasteiger partial charge is 0.462 e. The van der Waals surface area contributed by atoms with Crippen molar-refractivity contribution in [1.82, 2.24) is 0 Å². The zero-order valence-electron chi connectivity index (χ0n) is 12.9. The van der Waals surface area contributed by atoms with Gasteiger partial charge in [0.2, 0.25) is 0 Å². The third kappa shape index (κ3) is 6.22. The summed E-state index contributed by atoms with van der Waals surface area (Å²) in [6.45, 7) is 9.07. The van der Waals surface area contributed by atoms with Crippen molar-refractivity contribution in [2.75, 3.05) is 6.61 Å². The van der Waals surface area contributed by atoms with Crippen LogP contribution in [0.1, 0.15) is 40.5 Å². The second-order valence-electron chi connectivity index (χ2n) is 6.50. The van der Waals surface area contributed by atoms with Gasteiger partial charge in [-0.15, -0.1) is 11.6 Å². The first kappa shape index (κ1) is 18.9. The van der Waals surface area contributed by atoms with E-state index in [1.54, 1.807) is 12.5 Å². The quantitative estimate of drug-likeness (QED) is 0.470. The van der Waals surface area contributed by atoms with Gasteiger partial charge in [-0.05, 0) is 30.3 Å². The SMILES string of the molecule is CC(C)CC(C)(C)CCOC(=O)C1=C(Cl)C(Cl)=C[C@@H](Cl)[CH]1. The van der Waals surface area contributed by atoms with Crippen LogP contribution in [0, 0.1) is 17.8 Å². The van der Waals surface area contributed by atoms with Crippen molar-refractivity contribution in [3.05, 3.63) is 28.1 Å². The van der Waals surface area contributed by atoms with Gasteiger partial charge in [0.05, 0.1) is 27.6 Å². The van der Waals surface area contributed by atoms with Crippen LogP contribution >= 0.6 is 34.8 Å². The number of esters is 1. The highest BCUT2D eigenvalue weighted by Gasteiger charge is 2.26. The van der Waals surface area contributed by atoms with Crippen LogP contribution in [0.25, 0.3) is 0 Å². The summed E-state index contributed by atoms with van der Waals surface area (Å²) in [5, 5.41) is 0.0335. The van der Waals surface area contributed by atoms with Gasteiger partial charge in [-0.3, -0.25) is 0 Å². The second kappa shape index (κ2) is 7.89. The molecule has 0 amide bonds. The van der Waals surface area contributed by atoms with E-state index in [1.807, 2.05) is 0 Å². The molecule has 21 heavy (non-hydrogen) atoms. The Morgan fingerprint density at radius 1 is 1.38 bits per heavy atom. The summed E-state index contributed by atoms with van der Waals surface area (Å²) in [7, 11) is 0. The molecule has 0 saturated heterocycles. The van der Waals surface area contributed by atoms with Gasteiger partial charge in [0.25, 0.3) is 0 Å². The minimum atomic E-state index is -0.475. The summed E-state index contributed by atoms with van der Waals surface area (Å²) >= 11 is 17.9. The van der Waals surface area contributed by atoms with Gasteiger partial charge in [-0.1, -0.05) is 50.9 Å². The van der Waals surface area contributed by atoms with E-state index >= 15 is 0 Å². The van der Waals surface area contributed by atoms with Crippen molar-refractivity contribution in [3.8, 4) is 0 Å². The zero-order valence-corrected chi connectivity index (χ0v) is 15.1. The monoisotopic (exact) mass is 351 g/mol. The maximum absolute atomic E-state index is 12.1. The topological polar surface area (TPSA) is 26.3 Å². The normalized spacial score (nSPS) is 19.8. The summed E-state index contributed by atoms with van der Waals surface area (Å²) in [5.74, 6) is 0.137. The molecule has 1 rings (SSSR count). The Balaban J connectivity index is 2.55. The van der Waals surface area contributed by atoms with E-state index < -0.39 is 11.3 Å². The Bertz CT molecular complexity index is 450. The van der Waals surface area contributed by atoms with Crippen LogP contribution in [-0.4, -0.2) is 18.0 Å². The molecule has 0 aliphatic heterocycles. The van der Waals surface area contributed by atoms with Gasteiger partial charge in [0.15, 0.2) is 0 Å². The molecule has 5 heteroatoms. The molecule has 0 fully saturated rings. The van der Waals surface area contributed by atoms with Crippen LogP contribution in [0.5, 0.6) is 0 Å². The van der Waals surface area contributed by atoms with Gasteiger partial charge in [0.1, 0.15) is 0 Å². The molecular weight excluding hydrogens is 331 g/mol. The third-order valence-corrected chi connectivity index (χ3v) is 4.34. The minimum absolute atomic E-state index is 0.134. The Hall–Kier alpha value is -0.180. The number of allylic oxidation sites excluding steroid dienone is 3. The zero-order chi connectivity index (χ0) is 16.2. The fourth-order valence-corrected chi connectivity index (χ4v) is 3.24. The van der Waals surface area contributed by atoms with Crippen LogP contribution in [0.15, 0.2) is 21.7 Å². The lowest BCUT2D eigenvalue weighted by molar-refractivity contribution is -0.139. The van der Waals surface area contributed by atoms with Crippen LogP contribution in [0.4, 0.5) is 0 Å². The highest BCUT2D eigenvalue weighted by molar-refractivity contribution is 6.46. The summed E-state index contributed by atoms with van der Waals surface area (Å²) < 4.78 is 5.31. The number of hydrogen-bond acceptors (Lipinski definition) is 2. The molecule has 119 valence electrons. The molecule has 0 bridgehead atoms. The lowest BCUT2D eigenvalue weighted by atomic mass is 9.81. The lowest BCUT2D eigenvalue weighted by Crippen LogP contribution is -2.21. The molecule has 2 nitrogen and oxygen atoms in total. The van der Waals surface area contributed by atoms with E-state index in [4.69, 9.17) is 39.5 Å². The number of carbonyl (C=O) groups is 1. The summed E-state index contributed by atoms with van der Waals surface area (Å²) in [6, 6.07) is 0. The van der Waals surface area contributed by atoms with Crippen molar-refractivity contribution in [1.29, 1.82) is 0 Å². The molecule has 1 aliphatic rings. The van der Waals surface area contributed by atoms with Crippen LogP contribution < -0.4 is 0 Å². The summed E-state index contributed by atoms with van der Waals surface area (Å²) in [5.41, 5.74) is 0.376. The molecule has 0 spiro atoms. The molecule has 0 aromatic rings. The number of carbonyl (C=O) groups excluding carboxylic acids is 1. The Labute approximate surface area is 142 Å². The van der Waals surface area contributed by atoms with E-state index in [0.717, 1.165) is 12.8 Å². The molecule has 0 unspecified atom stereocenters. The number of hydrogen-bond donors (Lipinski definition) is 0. The number of rotatable bonds is 6. The van der Waals surface area contributed by atoms with E-state index in [1.165, 1.54) is 0 Å². The van der Waals surface area contributed by atoms with E-state index in [9.17, 15) is 4.79 Å². The molecule has 0 aromatic heterocycles. The van der Waals surface area contributed by atoms with Crippen molar-refractivity contribution in [2.24, 2.45) is 11.3 Å². The molecule has 1 atom stereocenters. The lowest BCUT2D eigenvalue weighted by Gasteiger charge is -2.26. The standard InChI is InChI=1S/C16H22Cl3O2/c1-10(2)9-16(3,4)5-6-21-15(20)12-7-11(17)8-13(18)14(12)19/h7-8,10-11H,5-6,9H2,1-4H3/t11-/m0/s1. The Morgan fingerprint density at radius 2 is 2.00 bits per heavy atom. The highest BCUT2D eigenvalue weighted by atomic mass is 35.5. The second-order valence-corrected chi connectivity index (χ2v) is 7.79. The average molecular weight is 353 g/mol. The summed E-state index contributed by atoms with van der Waals surface area (Å²) in [6.07, 6.45) is 5.01. The maximum Gasteiger partial charge on any atom is 0.335 e. The first-order valence-corrected chi connectivity index (χ1v) is 8.25. The van der Waals surface area contributed by atoms with Gasteiger partial charge < -0.3 is 4.74 Å². The molecule has 0 heterocycles. The van der Waals surface area contributed by atoms with Gasteiger partial charge in [-0.25, -0.2) is 4.79 Å². The van der Waals surface area contributed by atoms with E-state index in [0.29, 0.717) is 12.5 Å². The van der Waals surface area contributed by atoms with Crippen LogP contribution in [0.3, 0.4) is 0 Å². The predicted molar refractivity (Wildman–Crippen MR) is 89.6 cm³/mol. The molecular formula is C16H22Cl3O2. The van der Waals surface area contributed by atoms with Crippen LogP contribution in [-0.2, 0) is 9.53 Å². The van der Waals surface area contributed by atoms with Crippen LogP contribution in [0.2, 0.25) is 0 Å². The van der Waals surface area contributed by atoms with Crippen molar-refractivity contribution in [2.45, 2.75) is 45.9 Å². The predicted octanol–water partition coefficient (Wildman–Crippen LogP) is 5.43. The van der Waals surface area contributed by atoms with E-state index in [-0.39, 0.29) is 21.1 Å². The maximum atomic E-state index is 12.1. The Kier molecular flexibility index (Phi) is 7.09. The van der Waals surface area contributed by atoms with Gasteiger partial charge in [-0.2, -0.15) is 0 Å². The van der Waals surface area contributed by atoms with Gasteiger partial charge in [0, 0.05) is 6.42 Å². The van der Waals surface area contributed by atoms with Crippen molar-refractivity contribution >= 4 is 40.8 Å². The molecule has 0 aromatic carbocycles. The fraction of sp³-hybridized carbons (Fsp3) is 0.625.